The number of carbonyl (C=O) groups excluding carboxylic acids is 1. The first kappa shape index (κ1) is 17.5. The highest BCUT2D eigenvalue weighted by Crippen LogP contribution is 2.30. The second-order valence-corrected chi connectivity index (χ2v) is 7.01. The minimum atomic E-state index is -0.0385. The first-order valence-corrected chi connectivity index (χ1v) is 9.67. The molecule has 3 aromatic rings. The Labute approximate surface area is 160 Å². The topological polar surface area (TPSA) is 86.5 Å². The largest absolute Gasteiger partial charge is 0.486 e. The lowest BCUT2D eigenvalue weighted by Crippen LogP contribution is -2.26. The molecular formula is C19H19N3O4S. The summed E-state index contributed by atoms with van der Waals surface area (Å²) >= 11 is 1.55. The Balaban J connectivity index is 1.21. The standard InChI is InChI=1S/C19H19N3O4S/c23-17(5-6-18-21-19(22-26-18)16-2-1-11-27-16)20-8-7-13-3-4-14-15(12-13)25-10-9-24-14/h1-4,11-12H,5-10H2,(H,20,23). The van der Waals surface area contributed by atoms with E-state index in [9.17, 15) is 4.79 Å². The van der Waals surface area contributed by atoms with Crippen LogP contribution in [0.2, 0.25) is 0 Å². The van der Waals surface area contributed by atoms with Crippen LogP contribution in [0.5, 0.6) is 11.5 Å². The summed E-state index contributed by atoms with van der Waals surface area (Å²) in [4.78, 5) is 17.3. The van der Waals surface area contributed by atoms with Gasteiger partial charge in [0, 0.05) is 19.4 Å². The molecule has 1 aliphatic heterocycles. The molecule has 1 aromatic carbocycles. The van der Waals surface area contributed by atoms with Crippen LogP contribution in [-0.4, -0.2) is 35.8 Å². The average molecular weight is 385 g/mol. The highest BCUT2D eigenvalue weighted by Gasteiger charge is 2.13. The molecule has 1 N–H and O–H groups in total. The van der Waals surface area contributed by atoms with Gasteiger partial charge in [0.05, 0.1) is 4.88 Å². The Hall–Kier alpha value is -2.87. The number of fused-ring (bicyclic) bond motifs is 1. The molecule has 1 amide bonds. The second-order valence-electron chi connectivity index (χ2n) is 6.07. The van der Waals surface area contributed by atoms with Gasteiger partial charge in [0.2, 0.25) is 17.6 Å². The molecule has 140 valence electrons. The molecule has 3 heterocycles. The number of thiophene rings is 1. The Kier molecular flexibility index (Phi) is 5.34. The molecule has 1 aliphatic rings. The number of benzene rings is 1. The molecule has 0 aliphatic carbocycles. The first-order chi connectivity index (χ1) is 13.3. The van der Waals surface area contributed by atoms with Gasteiger partial charge in [-0.1, -0.05) is 17.3 Å². The molecule has 27 heavy (non-hydrogen) atoms. The maximum Gasteiger partial charge on any atom is 0.227 e. The second kappa shape index (κ2) is 8.22. The summed E-state index contributed by atoms with van der Waals surface area (Å²) < 4.78 is 16.3. The minimum Gasteiger partial charge on any atom is -0.486 e. The van der Waals surface area contributed by atoms with E-state index in [2.05, 4.69) is 15.5 Å². The predicted molar refractivity (Wildman–Crippen MR) is 100 cm³/mol. The van der Waals surface area contributed by atoms with Crippen molar-refractivity contribution in [3.8, 4) is 22.2 Å². The SMILES string of the molecule is O=C(CCc1nc(-c2cccs2)no1)NCCc1ccc2c(c1)OCCO2. The number of rotatable bonds is 7. The highest BCUT2D eigenvalue weighted by atomic mass is 32.1. The van der Waals surface area contributed by atoms with Crippen molar-refractivity contribution in [1.82, 2.24) is 15.5 Å². The zero-order chi connectivity index (χ0) is 18.5. The maximum atomic E-state index is 12.0. The number of amides is 1. The summed E-state index contributed by atoms with van der Waals surface area (Å²) in [5, 5.41) is 8.82. The number of carbonyl (C=O) groups is 1. The Morgan fingerprint density at radius 1 is 1.15 bits per heavy atom. The summed E-state index contributed by atoms with van der Waals surface area (Å²) in [6.07, 6.45) is 1.47. The third-order valence-corrected chi connectivity index (χ3v) is 4.98. The summed E-state index contributed by atoms with van der Waals surface area (Å²) in [7, 11) is 0. The van der Waals surface area contributed by atoms with Gasteiger partial charge in [-0.05, 0) is 35.6 Å². The van der Waals surface area contributed by atoms with E-state index in [1.165, 1.54) is 0 Å². The highest BCUT2D eigenvalue weighted by molar-refractivity contribution is 7.13. The smallest absolute Gasteiger partial charge is 0.227 e. The van der Waals surface area contributed by atoms with E-state index in [1.54, 1.807) is 11.3 Å². The van der Waals surface area contributed by atoms with Crippen LogP contribution >= 0.6 is 11.3 Å². The quantitative estimate of drug-likeness (QED) is 0.673. The maximum absolute atomic E-state index is 12.0. The summed E-state index contributed by atoms with van der Waals surface area (Å²) in [6.45, 7) is 1.71. The molecule has 0 atom stereocenters. The molecule has 0 bridgehead atoms. The molecule has 2 aromatic heterocycles. The predicted octanol–water partition coefficient (Wildman–Crippen LogP) is 2.86. The van der Waals surface area contributed by atoms with E-state index in [0.29, 0.717) is 44.3 Å². The Morgan fingerprint density at radius 3 is 2.89 bits per heavy atom. The lowest BCUT2D eigenvalue weighted by Gasteiger charge is -2.18. The van der Waals surface area contributed by atoms with Crippen LogP contribution in [0.15, 0.2) is 40.2 Å². The molecule has 0 unspecified atom stereocenters. The van der Waals surface area contributed by atoms with Crippen molar-refractivity contribution in [1.29, 1.82) is 0 Å². The van der Waals surface area contributed by atoms with Crippen molar-refractivity contribution in [3.05, 3.63) is 47.2 Å². The van der Waals surface area contributed by atoms with Crippen molar-refractivity contribution in [3.63, 3.8) is 0 Å². The molecule has 0 saturated heterocycles. The lowest BCUT2D eigenvalue weighted by molar-refractivity contribution is -0.121. The van der Waals surface area contributed by atoms with Gasteiger partial charge in [-0.2, -0.15) is 4.98 Å². The van der Waals surface area contributed by atoms with Gasteiger partial charge in [0.15, 0.2) is 11.5 Å². The van der Waals surface area contributed by atoms with Crippen LogP contribution in [0.1, 0.15) is 17.9 Å². The normalized spacial score (nSPS) is 12.7. The van der Waals surface area contributed by atoms with Crippen molar-refractivity contribution < 1.29 is 18.8 Å². The van der Waals surface area contributed by atoms with E-state index >= 15 is 0 Å². The minimum absolute atomic E-state index is 0.0385. The molecule has 0 saturated carbocycles. The van der Waals surface area contributed by atoms with Crippen LogP contribution in [0, 0.1) is 0 Å². The number of nitrogens with one attached hydrogen (secondary N) is 1. The lowest BCUT2D eigenvalue weighted by atomic mass is 10.1. The summed E-state index contributed by atoms with van der Waals surface area (Å²) in [5.41, 5.74) is 1.09. The van der Waals surface area contributed by atoms with E-state index in [-0.39, 0.29) is 5.91 Å². The molecule has 7 nitrogen and oxygen atoms in total. The summed E-state index contributed by atoms with van der Waals surface area (Å²) in [5.74, 6) is 2.54. The van der Waals surface area contributed by atoms with Gasteiger partial charge in [-0.15, -0.1) is 11.3 Å². The van der Waals surface area contributed by atoms with Crippen LogP contribution in [-0.2, 0) is 17.6 Å². The van der Waals surface area contributed by atoms with Crippen LogP contribution in [0.3, 0.4) is 0 Å². The average Bonchev–Trinajstić information content (AvgIpc) is 3.38. The van der Waals surface area contributed by atoms with Crippen LogP contribution < -0.4 is 14.8 Å². The molecule has 0 radical (unpaired) electrons. The van der Waals surface area contributed by atoms with E-state index in [0.717, 1.165) is 28.4 Å². The van der Waals surface area contributed by atoms with E-state index in [1.807, 2.05) is 35.7 Å². The number of aryl methyl sites for hydroxylation is 1. The zero-order valence-electron chi connectivity index (χ0n) is 14.6. The van der Waals surface area contributed by atoms with E-state index in [4.69, 9.17) is 14.0 Å². The van der Waals surface area contributed by atoms with Gasteiger partial charge in [-0.3, -0.25) is 4.79 Å². The first-order valence-electron chi connectivity index (χ1n) is 8.79. The molecule has 0 spiro atoms. The van der Waals surface area contributed by atoms with Crippen LogP contribution in [0.4, 0.5) is 0 Å². The summed E-state index contributed by atoms with van der Waals surface area (Å²) in [6, 6.07) is 9.73. The van der Waals surface area contributed by atoms with Crippen molar-refractivity contribution in [2.45, 2.75) is 19.3 Å². The number of hydrogen-bond donors (Lipinski definition) is 1. The van der Waals surface area contributed by atoms with Crippen molar-refractivity contribution in [2.75, 3.05) is 19.8 Å². The Bertz CT molecular complexity index is 908. The van der Waals surface area contributed by atoms with Crippen molar-refractivity contribution >= 4 is 17.2 Å². The molecule has 8 heteroatoms. The van der Waals surface area contributed by atoms with E-state index < -0.39 is 0 Å². The monoisotopic (exact) mass is 385 g/mol. The zero-order valence-corrected chi connectivity index (χ0v) is 15.5. The van der Waals surface area contributed by atoms with Crippen LogP contribution in [0.25, 0.3) is 10.7 Å². The fourth-order valence-corrected chi connectivity index (χ4v) is 3.41. The van der Waals surface area contributed by atoms with Gasteiger partial charge in [0.1, 0.15) is 13.2 Å². The molecule has 4 rings (SSSR count). The molecular weight excluding hydrogens is 366 g/mol. The van der Waals surface area contributed by atoms with Gasteiger partial charge in [0.25, 0.3) is 0 Å². The number of hydrogen-bond acceptors (Lipinski definition) is 7. The van der Waals surface area contributed by atoms with Crippen molar-refractivity contribution in [2.24, 2.45) is 0 Å². The number of aromatic nitrogens is 2. The van der Waals surface area contributed by atoms with Gasteiger partial charge >= 0.3 is 0 Å². The fraction of sp³-hybridized carbons (Fsp3) is 0.316. The molecule has 0 fully saturated rings. The third kappa shape index (κ3) is 4.46. The number of nitrogens with zero attached hydrogens (tertiary/aromatic N) is 2. The van der Waals surface area contributed by atoms with Gasteiger partial charge < -0.3 is 19.3 Å². The number of ether oxygens (including phenoxy) is 2. The van der Waals surface area contributed by atoms with Gasteiger partial charge in [-0.25, -0.2) is 0 Å². The Morgan fingerprint density at radius 2 is 2.04 bits per heavy atom. The fourth-order valence-electron chi connectivity index (χ4n) is 2.76. The third-order valence-electron chi connectivity index (χ3n) is 4.12.